The lowest BCUT2D eigenvalue weighted by Gasteiger charge is -2.23. The van der Waals surface area contributed by atoms with Crippen LogP contribution in [0.2, 0.25) is 0 Å². The molecule has 1 aromatic rings. The molecule has 0 atom stereocenters. The third-order valence-corrected chi connectivity index (χ3v) is 3.00. The van der Waals surface area contributed by atoms with Crippen molar-refractivity contribution in [2.75, 3.05) is 6.54 Å². The molecule has 0 spiro atoms. The molecule has 0 radical (unpaired) electrons. The van der Waals surface area contributed by atoms with E-state index in [9.17, 15) is 14.9 Å². The van der Waals surface area contributed by atoms with Crippen LogP contribution in [0.25, 0.3) is 0 Å². The predicted octanol–water partition coefficient (Wildman–Crippen LogP) is 2.56. The van der Waals surface area contributed by atoms with Gasteiger partial charge in [-0.05, 0) is 18.6 Å². The molecule has 108 valence electrons. The van der Waals surface area contributed by atoms with E-state index in [2.05, 4.69) is 18.1 Å². The van der Waals surface area contributed by atoms with Crippen molar-refractivity contribution >= 4 is 40.8 Å². The second-order valence-electron chi connectivity index (χ2n) is 4.03. The van der Waals surface area contributed by atoms with Crippen molar-refractivity contribution in [1.29, 1.82) is 0 Å². The Morgan fingerprint density at radius 3 is 2.50 bits per heavy atom. The van der Waals surface area contributed by atoms with Crippen molar-refractivity contribution in [3.05, 3.63) is 39.9 Å². The highest BCUT2D eigenvalue weighted by atomic mass is 32.1. The van der Waals surface area contributed by atoms with E-state index in [-0.39, 0.29) is 15.9 Å². The van der Waals surface area contributed by atoms with Crippen LogP contribution in [0.1, 0.15) is 30.1 Å². The fourth-order valence-corrected chi connectivity index (χ4v) is 1.72. The fourth-order valence-electron chi connectivity index (χ4n) is 1.44. The molecule has 6 nitrogen and oxygen atoms in total. The topological polar surface area (TPSA) is 75.5 Å². The van der Waals surface area contributed by atoms with E-state index >= 15 is 0 Å². The number of nitro benzene ring substituents is 1. The third-order valence-electron chi connectivity index (χ3n) is 2.54. The molecular weight excluding hydrogens is 298 g/mol. The number of rotatable bonds is 5. The summed E-state index contributed by atoms with van der Waals surface area (Å²) >= 11 is 8.99. The van der Waals surface area contributed by atoms with Gasteiger partial charge in [0.1, 0.15) is 0 Å². The smallest absolute Gasteiger partial charge is 0.269 e. The first-order valence-corrected chi connectivity index (χ1v) is 6.87. The normalized spacial score (nSPS) is 9.90. The molecule has 0 unspecified atom stereocenters. The van der Waals surface area contributed by atoms with Crippen LogP contribution in [-0.4, -0.2) is 26.7 Å². The number of carbonyl (C=O) groups excluding carboxylic acids is 1. The molecule has 0 aliphatic carbocycles. The molecule has 20 heavy (non-hydrogen) atoms. The van der Waals surface area contributed by atoms with E-state index in [0.717, 1.165) is 12.8 Å². The Bertz CT molecular complexity index is 505. The second-order valence-corrected chi connectivity index (χ2v) is 5.15. The van der Waals surface area contributed by atoms with Gasteiger partial charge in [0.2, 0.25) is 0 Å². The molecule has 0 saturated carbocycles. The van der Waals surface area contributed by atoms with Gasteiger partial charge in [0.05, 0.1) is 4.92 Å². The number of nitrogens with zero attached hydrogens (tertiary/aromatic N) is 2. The minimum atomic E-state index is -0.516. The summed E-state index contributed by atoms with van der Waals surface area (Å²) in [5.74, 6) is -0.382. The first-order chi connectivity index (χ1) is 9.45. The van der Waals surface area contributed by atoms with Gasteiger partial charge in [-0.15, -0.1) is 12.6 Å². The molecule has 1 rings (SSSR count). The lowest BCUT2D eigenvalue weighted by molar-refractivity contribution is -0.384. The summed E-state index contributed by atoms with van der Waals surface area (Å²) in [6.07, 6.45) is 1.82. The number of hydrogen-bond donors (Lipinski definition) is 2. The maximum Gasteiger partial charge on any atom is 0.269 e. The summed E-state index contributed by atoms with van der Waals surface area (Å²) in [4.78, 5) is 22.0. The molecule has 0 saturated heterocycles. The number of hydrazine groups is 1. The maximum absolute atomic E-state index is 12.0. The lowest BCUT2D eigenvalue weighted by Crippen LogP contribution is -2.44. The molecular formula is C12H15N3O3S2. The number of thiol groups is 1. The highest BCUT2D eigenvalue weighted by Gasteiger charge is 2.13. The molecule has 1 N–H and O–H groups in total. The number of amides is 1. The SMILES string of the molecule is CCCCN(NC(=O)c1ccc([N+](=O)[O-])cc1)C(=S)S. The Labute approximate surface area is 127 Å². The van der Waals surface area contributed by atoms with Crippen molar-refractivity contribution in [3.8, 4) is 0 Å². The molecule has 1 aromatic carbocycles. The number of carbonyl (C=O) groups is 1. The number of nitrogens with one attached hydrogen (secondary N) is 1. The molecule has 0 fully saturated rings. The van der Waals surface area contributed by atoms with Gasteiger partial charge in [-0.25, -0.2) is 0 Å². The summed E-state index contributed by atoms with van der Waals surface area (Å²) < 4.78 is 0.272. The van der Waals surface area contributed by atoms with E-state index in [0.29, 0.717) is 12.1 Å². The molecule has 0 aliphatic rings. The van der Waals surface area contributed by atoms with Crippen molar-refractivity contribution < 1.29 is 9.72 Å². The van der Waals surface area contributed by atoms with Gasteiger partial charge in [0, 0.05) is 24.2 Å². The van der Waals surface area contributed by atoms with Gasteiger partial charge < -0.3 is 0 Å². The van der Waals surface area contributed by atoms with Gasteiger partial charge in [0.25, 0.3) is 11.6 Å². The molecule has 0 heterocycles. The minimum absolute atomic E-state index is 0.0610. The van der Waals surface area contributed by atoms with E-state index in [1.807, 2.05) is 6.92 Å². The van der Waals surface area contributed by atoms with Crippen LogP contribution in [0.15, 0.2) is 24.3 Å². The summed E-state index contributed by atoms with van der Waals surface area (Å²) in [7, 11) is 0. The molecule has 0 aromatic heterocycles. The Kier molecular flexibility index (Phi) is 6.40. The van der Waals surface area contributed by atoms with Gasteiger partial charge in [0.15, 0.2) is 4.32 Å². The first-order valence-electron chi connectivity index (χ1n) is 6.01. The van der Waals surface area contributed by atoms with Crippen LogP contribution in [0, 0.1) is 10.1 Å². The average Bonchev–Trinajstić information content (AvgIpc) is 2.42. The highest BCUT2D eigenvalue weighted by Crippen LogP contribution is 2.12. The Morgan fingerprint density at radius 2 is 2.05 bits per heavy atom. The van der Waals surface area contributed by atoms with E-state index in [4.69, 9.17) is 12.2 Å². The Morgan fingerprint density at radius 1 is 1.45 bits per heavy atom. The van der Waals surface area contributed by atoms with Crippen molar-refractivity contribution in [2.24, 2.45) is 0 Å². The molecule has 0 aliphatic heterocycles. The molecule has 1 amide bonds. The zero-order valence-electron chi connectivity index (χ0n) is 10.9. The summed E-state index contributed by atoms with van der Waals surface area (Å²) in [6, 6.07) is 5.36. The second kappa shape index (κ2) is 7.81. The highest BCUT2D eigenvalue weighted by molar-refractivity contribution is 8.10. The van der Waals surface area contributed by atoms with E-state index < -0.39 is 4.92 Å². The number of non-ortho nitro benzene ring substituents is 1. The van der Waals surface area contributed by atoms with Crippen LogP contribution < -0.4 is 5.43 Å². The lowest BCUT2D eigenvalue weighted by atomic mass is 10.2. The summed E-state index contributed by atoms with van der Waals surface area (Å²) in [5.41, 5.74) is 2.88. The number of benzene rings is 1. The fraction of sp³-hybridized carbons (Fsp3) is 0.333. The Balaban J connectivity index is 2.73. The standard InChI is InChI=1S/C12H15N3O3S2/c1-2-3-8-14(12(19)20)13-11(16)9-4-6-10(7-5-9)15(17)18/h4-7H,2-3,8H2,1H3,(H,13,16)(H,19,20). The van der Waals surface area contributed by atoms with Crippen molar-refractivity contribution in [2.45, 2.75) is 19.8 Å². The van der Waals surface area contributed by atoms with Crippen LogP contribution in [0.3, 0.4) is 0 Å². The summed E-state index contributed by atoms with van der Waals surface area (Å²) in [5, 5.41) is 12.0. The first kappa shape index (κ1) is 16.4. The van der Waals surface area contributed by atoms with Crippen LogP contribution >= 0.6 is 24.8 Å². The van der Waals surface area contributed by atoms with Gasteiger partial charge in [-0.1, -0.05) is 25.6 Å². The monoisotopic (exact) mass is 313 g/mol. The largest absolute Gasteiger partial charge is 0.269 e. The van der Waals surface area contributed by atoms with Gasteiger partial charge >= 0.3 is 0 Å². The van der Waals surface area contributed by atoms with Crippen LogP contribution in [-0.2, 0) is 0 Å². The van der Waals surface area contributed by atoms with E-state index in [1.165, 1.54) is 29.3 Å². The third kappa shape index (κ3) is 4.78. The van der Waals surface area contributed by atoms with Crippen LogP contribution in [0.4, 0.5) is 5.69 Å². The number of nitro groups is 1. The zero-order chi connectivity index (χ0) is 15.1. The molecule has 0 bridgehead atoms. The van der Waals surface area contributed by atoms with Gasteiger partial charge in [-0.3, -0.25) is 25.3 Å². The zero-order valence-corrected chi connectivity index (χ0v) is 12.6. The number of hydrogen-bond acceptors (Lipinski definition) is 4. The number of thiocarbonyl (C=S) groups is 1. The summed E-state index contributed by atoms with van der Waals surface area (Å²) in [6.45, 7) is 2.59. The maximum atomic E-state index is 12.0. The Hall–Kier alpha value is -1.67. The quantitative estimate of drug-likeness (QED) is 0.378. The van der Waals surface area contributed by atoms with E-state index in [1.54, 1.807) is 0 Å². The van der Waals surface area contributed by atoms with Crippen molar-refractivity contribution in [1.82, 2.24) is 10.4 Å². The van der Waals surface area contributed by atoms with Crippen molar-refractivity contribution in [3.63, 3.8) is 0 Å². The average molecular weight is 313 g/mol. The number of unbranched alkanes of at least 4 members (excludes halogenated alkanes) is 1. The minimum Gasteiger partial charge on any atom is -0.269 e. The van der Waals surface area contributed by atoms with Gasteiger partial charge in [-0.2, -0.15) is 0 Å². The van der Waals surface area contributed by atoms with Crippen LogP contribution in [0.5, 0.6) is 0 Å². The predicted molar refractivity (Wildman–Crippen MR) is 83.8 cm³/mol. The molecule has 8 heteroatoms.